The van der Waals surface area contributed by atoms with Gasteiger partial charge in [-0.05, 0) is 52.6 Å². The molecule has 1 saturated carbocycles. The van der Waals surface area contributed by atoms with Crippen LogP contribution in [-0.4, -0.2) is 37.1 Å². The largest absolute Gasteiger partial charge is 0.315 e. The SMILES string of the molecule is C=CCCCCCNCC(C)N(C)C1CC1. The topological polar surface area (TPSA) is 15.3 Å². The van der Waals surface area contributed by atoms with Gasteiger partial charge < -0.3 is 5.32 Å². The number of allylic oxidation sites excluding steroid dienone is 1. The summed E-state index contributed by atoms with van der Waals surface area (Å²) in [7, 11) is 2.26. The first-order valence-corrected chi connectivity index (χ1v) is 6.79. The van der Waals surface area contributed by atoms with Gasteiger partial charge in [-0.3, -0.25) is 4.90 Å². The molecule has 1 fully saturated rings. The van der Waals surface area contributed by atoms with E-state index in [0.717, 1.165) is 12.6 Å². The van der Waals surface area contributed by atoms with Crippen LogP contribution in [0.1, 0.15) is 45.4 Å². The monoisotopic (exact) mass is 224 g/mol. The van der Waals surface area contributed by atoms with E-state index in [9.17, 15) is 0 Å². The number of hydrogen-bond acceptors (Lipinski definition) is 2. The zero-order valence-electron chi connectivity index (χ0n) is 11.0. The third kappa shape index (κ3) is 5.66. The Morgan fingerprint density at radius 3 is 2.75 bits per heavy atom. The summed E-state index contributed by atoms with van der Waals surface area (Å²) in [6, 6.07) is 1.56. The Hall–Kier alpha value is -0.340. The van der Waals surface area contributed by atoms with Crippen molar-refractivity contribution < 1.29 is 0 Å². The maximum atomic E-state index is 3.74. The van der Waals surface area contributed by atoms with Crippen LogP contribution in [0, 0.1) is 0 Å². The summed E-state index contributed by atoms with van der Waals surface area (Å²) in [5.74, 6) is 0. The first-order valence-electron chi connectivity index (χ1n) is 6.79. The number of hydrogen-bond donors (Lipinski definition) is 1. The van der Waals surface area contributed by atoms with Crippen molar-refractivity contribution in [2.45, 2.75) is 57.5 Å². The molecule has 1 atom stereocenters. The highest BCUT2D eigenvalue weighted by Crippen LogP contribution is 2.26. The second kappa shape index (κ2) is 7.86. The van der Waals surface area contributed by atoms with Crippen LogP contribution in [-0.2, 0) is 0 Å². The first kappa shape index (κ1) is 13.7. The molecule has 0 spiro atoms. The quantitative estimate of drug-likeness (QED) is 0.453. The van der Waals surface area contributed by atoms with Crippen molar-refractivity contribution in [3.63, 3.8) is 0 Å². The molecule has 0 saturated heterocycles. The van der Waals surface area contributed by atoms with Crippen molar-refractivity contribution in [2.75, 3.05) is 20.1 Å². The van der Waals surface area contributed by atoms with E-state index in [1.54, 1.807) is 0 Å². The summed E-state index contributed by atoms with van der Waals surface area (Å²) in [4.78, 5) is 2.52. The van der Waals surface area contributed by atoms with Gasteiger partial charge in [0.1, 0.15) is 0 Å². The minimum Gasteiger partial charge on any atom is -0.315 e. The summed E-state index contributed by atoms with van der Waals surface area (Å²) in [6.07, 6.45) is 9.91. The van der Waals surface area contributed by atoms with Gasteiger partial charge in [-0.2, -0.15) is 0 Å². The van der Waals surface area contributed by atoms with Crippen molar-refractivity contribution in [1.29, 1.82) is 0 Å². The van der Waals surface area contributed by atoms with Crippen LogP contribution in [0.25, 0.3) is 0 Å². The molecule has 0 bridgehead atoms. The van der Waals surface area contributed by atoms with Gasteiger partial charge in [0.05, 0.1) is 0 Å². The first-order chi connectivity index (χ1) is 7.75. The third-order valence-corrected chi connectivity index (χ3v) is 3.52. The smallest absolute Gasteiger partial charge is 0.0192 e. The van der Waals surface area contributed by atoms with E-state index in [4.69, 9.17) is 0 Å². The Morgan fingerprint density at radius 1 is 1.38 bits per heavy atom. The number of nitrogens with one attached hydrogen (secondary N) is 1. The molecule has 2 heteroatoms. The fourth-order valence-electron chi connectivity index (χ4n) is 2.01. The molecular weight excluding hydrogens is 196 g/mol. The molecule has 16 heavy (non-hydrogen) atoms. The van der Waals surface area contributed by atoms with E-state index in [-0.39, 0.29) is 0 Å². The lowest BCUT2D eigenvalue weighted by molar-refractivity contribution is 0.241. The summed E-state index contributed by atoms with van der Waals surface area (Å²) < 4.78 is 0. The minimum absolute atomic E-state index is 0.681. The highest BCUT2D eigenvalue weighted by Gasteiger charge is 2.28. The molecule has 94 valence electrons. The highest BCUT2D eigenvalue weighted by atomic mass is 15.2. The van der Waals surface area contributed by atoms with E-state index in [0.29, 0.717) is 6.04 Å². The van der Waals surface area contributed by atoms with Gasteiger partial charge in [-0.25, -0.2) is 0 Å². The second-order valence-corrected chi connectivity index (χ2v) is 5.09. The van der Waals surface area contributed by atoms with Crippen LogP contribution in [0.4, 0.5) is 0 Å². The van der Waals surface area contributed by atoms with Gasteiger partial charge in [0.15, 0.2) is 0 Å². The lowest BCUT2D eigenvalue weighted by atomic mass is 10.2. The van der Waals surface area contributed by atoms with Crippen LogP contribution in [0.5, 0.6) is 0 Å². The van der Waals surface area contributed by atoms with E-state index in [1.165, 1.54) is 45.1 Å². The van der Waals surface area contributed by atoms with Gasteiger partial charge in [0.2, 0.25) is 0 Å². The van der Waals surface area contributed by atoms with Crippen molar-refractivity contribution >= 4 is 0 Å². The maximum Gasteiger partial charge on any atom is 0.0192 e. The van der Waals surface area contributed by atoms with E-state index < -0.39 is 0 Å². The van der Waals surface area contributed by atoms with Crippen LogP contribution in [0.15, 0.2) is 12.7 Å². The maximum absolute atomic E-state index is 3.74. The lowest BCUT2D eigenvalue weighted by Gasteiger charge is -2.24. The second-order valence-electron chi connectivity index (χ2n) is 5.09. The number of unbranched alkanes of at least 4 members (excludes halogenated alkanes) is 3. The molecule has 1 N–H and O–H groups in total. The molecule has 0 heterocycles. The fourth-order valence-corrected chi connectivity index (χ4v) is 2.01. The molecule has 0 aromatic heterocycles. The highest BCUT2D eigenvalue weighted by molar-refractivity contribution is 4.85. The average Bonchev–Trinajstić information content (AvgIpc) is 3.10. The average molecular weight is 224 g/mol. The third-order valence-electron chi connectivity index (χ3n) is 3.52. The van der Waals surface area contributed by atoms with Crippen molar-refractivity contribution in [3.8, 4) is 0 Å². The molecule has 1 unspecified atom stereocenters. The molecule has 0 aromatic rings. The predicted molar refractivity (Wildman–Crippen MR) is 71.8 cm³/mol. The van der Waals surface area contributed by atoms with Crippen molar-refractivity contribution in [2.24, 2.45) is 0 Å². The molecule has 2 nitrogen and oxygen atoms in total. The minimum atomic E-state index is 0.681. The van der Waals surface area contributed by atoms with Gasteiger partial charge in [0.25, 0.3) is 0 Å². The Morgan fingerprint density at radius 2 is 2.12 bits per heavy atom. The van der Waals surface area contributed by atoms with E-state index in [1.807, 2.05) is 6.08 Å². The van der Waals surface area contributed by atoms with Crippen LogP contribution < -0.4 is 5.32 Å². The predicted octanol–water partition coefficient (Wildman–Crippen LogP) is 2.81. The van der Waals surface area contributed by atoms with Gasteiger partial charge >= 0.3 is 0 Å². The molecule has 1 aliphatic rings. The zero-order valence-corrected chi connectivity index (χ0v) is 11.0. The molecule has 1 aliphatic carbocycles. The normalized spacial score (nSPS) is 17.7. The van der Waals surface area contributed by atoms with Crippen molar-refractivity contribution in [3.05, 3.63) is 12.7 Å². The standard InChI is InChI=1S/C14H28N2/c1-4-5-6-7-8-11-15-12-13(2)16(3)14-9-10-14/h4,13-15H,1,5-12H2,2-3H3. The number of nitrogens with zero attached hydrogens (tertiary/aromatic N) is 1. The fraction of sp³-hybridized carbons (Fsp3) is 0.857. The van der Waals surface area contributed by atoms with Gasteiger partial charge in [-0.1, -0.05) is 12.5 Å². The Kier molecular flexibility index (Phi) is 6.74. The molecule has 0 aliphatic heterocycles. The lowest BCUT2D eigenvalue weighted by Crippen LogP contribution is -2.39. The Balaban J connectivity index is 1.87. The van der Waals surface area contributed by atoms with Crippen LogP contribution in [0.3, 0.4) is 0 Å². The summed E-state index contributed by atoms with van der Waals surface area (Å²) in [5, 5.41) is 3.56. The van der Waals surface area contributed by atoms with E-state index in [2.05, 4.69) is 30.8 Å². The molecule has 1 rings (SSSR count). The Bertz CT molecular complexity index is 187. The van der Waals surface area contributed by atoms with Crippen LogP contribution in [0.2, 0.25) is 0 Å². The van der Waals surface area contributed by atoms with E-state index >= 15 is 0 Å². The van der Waals surface area contributed by atoms with Gasteiger partial charge in [0, 0.05) is 18.6 Å². The van der Waals surface area contributed by atoms with Crippen LogP contribution >= 0.6 is 0 Å². The molecule has 0 aromatic carbocycles. The molecular formula is C14H28N2. The molecule has 0 radical (unpaired) electrons. The molecule has 0 amide bonds. The summed E-state index contributed by atoms with van der Waals surface area (Å²) in [5.41, 5.74) is 0. The zero-order chi connectivity index (χ0) is 11.8. The summed E-state index contributed by atoms with van der Waals surface area (Å²) >= 11 is 0. The summed E-state index contributed by atoms with van der Waals surface area (Å²) in [6.45, 7) is 8.36. The number of rotatable bonds is 10. The van der Waals surface area contributed by atoms with Gasteiger partial charge in [-0.15, -0.1) is 6.58 Å². The number of likely N-dealkylation sites (N-methyl/N-ethyl adjacent to an activating group) is 1. The Labute approximate surface area is 101 Å². The van der Waals surface area contributed by atoms with Crippen molar-refractivity contribution in [1.82, 2.24) is 10.2 Å².